The molecule has 130 valence electrons. The van der Waals surface area contributed by atoms with Crippen LogP contribution in [0.3, 0.4) is 0 Å². The molecule has 0 saturated carbocycles. The minimum atomic E-state index is -3.85. The van der Waals surface area contributed by atoms with Crippen molar-refractivity contribution >= 4 is 31.6 Å². The van der Waals surface area contributed by atoms with Crippen LogP contribution in [0.1, 0.15) is 6.92 Å². The van der Waals surface area contributed by atoms with E-state index in [1.165, 1.54) is 20.3 Å². The molecule has 0 fully saturated rings. The van der Waals surface area contributed by atoms with Crippen LogP contribution < -0.4 is 18.9 Å². The molecular weight excluding hydrogens is 398 g/mol. The fourth-order valence-corrected chi connectivity index (χ4v) is 3.77. The van der Waals surface area contributed by atoms with Crippen molar-refractivity contribution in [1.82, 2.24) is 0 Å². The summed E-state index contributed by atoms with van der Waals surface area (Å²) in [4.78, 5) is 0.0421. The molecule has 24 heavy (non-hydrogen) atoms. The zero-order chi connectivity index (χ0) is 17.7. The van der Waals surface area contributed by atoms with Crippen molar-refractivity contribution in [3.63, 3.8) is 0 Å². The fourth-order valence-electron chi connectivity index (χ4n) is 2.04. The van der Waals surface area contributed by atoms with E-state index < -0.39 is 10.0 Å². The van der Waals surface area contributed by atoms with Crippen LogP contribution >= 0.6 is 15.9 Å². The van der Waals surface area contributed by atoms with Crippen LogP contribution in [0, 0.1) is 0 Å². The molecule has 1 N–H and O–H groups in total. The van der Waals surface area contributed by atoms with E-state index in [0.717, 1.165) is 0 Å². The molecule has 2 rings (SSSR count). The quantitative estimate of drug-likeness (QED) is 0.746. The van der Waals surface area contributed by atoms with Gasteiger partial charge in [0.2, 0.25) is 0 Å². The highest BCUT2D eigenvalue weighted by Crippen LogP contribution is 2.31. The number of anilines is 1. The number of rotatable bonds is 7. The standard InChI is InChI=1S/C16H18BrNO5S/c1-4-23-15-6-5-11(17)7-16(15)24(19,20)18-12-8-13(21-2)10-14(9-12)22-3/h5-10,18H,4H2,1-3H3. The Morgan fingerprint density at radius 2 is 1.67 bits per heavy atom. The second-order valence-electron chi connectivity index (χ2n) is 4.73. The van der Waals surface area contributed by atoms with E-state index in [1.54, 1.807) is 37.3 Å². The molecule has 8 heteroatoms. The number of ether oxygens (including phenoxy) is 3. The van der Waals surface area contributed by atoms with Gasteiger partial charge >= 0.3 is 0 Å². The Bertz CT molecular complexity index is 801. The van der Waals surface area contributed by atoms with Crippen molar-refractivity contribution in [2.45, 2.75) is 11.8 Å². The Labute approximate surface area is 149 Å². The highest BCUT2D eigenvalue weighted by atomic mass is 79.9. The minimum Gasteiger partial charge on any atom is -0.497 e. The van der Waals surface area contributed by atoms with Gasteiger partial charge in [-0.05, 0) is 25.1 Å². The first kappa shape index (κ1) is 18.4. The van der Waals surface area contributed by atoms with Crippen LogP contribution in [0.25, 0.3) is 0 Å². The van der Waals surface area contributed by atoms with Crippen molar-refractivity contribution in [2.24, 2.45) is 0 Å². The number of hydrogen-bond acceptors (Lipinski definition) is 5. The third kappa shape index (κ3) is 4.33. The predicted molar refractivity (Wildman–Crippen MR) is 95.7 cm³/mol. The first-order chi connectivity index (χ1) is 11.4. The molecular formula is C16H18BrNO5S. The van der Waals surface area contributed by atoms with Gasteiger partial charge in [-0.1, -0.05) is 15.9 Å². The molecule has 0 heterocycles. The van der Waals surface area contributed by atoms with Crippen molar-refractivity contribution in [1.29, 1.82) is 0 Å². The molecule has 0 bridgehead atoms. The van der Waals surface area contributed by atoms with Crippen LogP contribution in [-0.4, -0.2) is 29.2 Å². The lowest BCUT2D eigenvalue weighted by Crippen LogP contribution is -2.14. The first-order valence-electron chi connectivity index (χ1n) is 7.08. The summed E-state index contributed by atoms with van der Waals surface area (Å²) in [6.45, 7) is 2.15. The molecule has 0 aromatic heterocycles. The van der Waals surface area contributed by atoms with E-state index >= 15 is 0 Å². The van der Waals surface area contributed by atoms with Gasteiger partial charge in [0.25, 0.3) is 10.0 Å². The second-order valence-corrected chi connectivity index (χ2v) is 7.30. The maximum Gasteiger partial charge on any atom is 0.265 e. The Balaban J connectivity index is 2.44. The van der Waals surface area contributed by atoms with E-state index in [2.05, 4.69) is 20.7 Å². The summed E-state index contributed by atoms with van der Waals surface area (Å²) in [7, 11) is -0.866. The smallest absolute Gasteiger partial charge is 0.265 e. The van der Waals surface area contributed by atoms with Gasteiger partial charge in [0.05, 0.1) is 26.5 Å². The lowest BCUT2D eigenvalue weighted by Gasteiger charge is -2.14. The Kier molecular flexibility index (Phi) is 5.95. The maximum atomic E-state index is 12.8. The lowest BCUT2D eigenvalue weighted by molar-refractivity contribution is 0.331. The van der Waals surface area contributed by atoms with Gasteiger partial charge in [0.15, 0.2) is 0 Å². The van der Waals surface area contributed by atoms with E-state index in [0.29, 0.717) is 28.3 Å². The van der Waals surface area contributed by atoms with Crippen molar-refractivity contribution in [2.75, 3.05) is 25.5 Å². The highest BCUT2D eigenvalue weighted by molar-refractivity contribution is 9.10. The molecule has 0 spiro atoms. The molecule has 0 aliphatic heterocycles. The monoisotopic (exact) mass is 415 g/mol. The number of nitrogens with one attached hydrogen (secondary N) is 1. The molecule has 0 unspecified atom stereocenters. The normalized spacial score (nSPS) is 11.0. The van der Waals surface area contributed by atoms with Gasteiger partial charge in [0, 0.05) is 22.7 Å². The van der Waals surface area contributed by atoms with E-state index in [1.807, 2.05) is 0 Å². The molecule has 0 atom stereocenters. The molecule has 2 aromatic rings. The van der Waals surface area contributed by atoms with Gasteiger partial charge in [0.1, 0.15) is 22.1 Å². The number of benzene rings is 2. The summed E-state index contributed by atoms with van der Waals surface area (Å²) in [5.74, 6) is 1.24. The molecule has 6 nitrogen and oxygen atoms in total. The Morgan fingerprint density at radius 3 is 2.21 bits per heavy atom. The van der Waals surface area contributed by atoms with E-state index in [9.17, 15) is 8.42 Å². The molecule has 0 aliphatic rings. The Hall–Kier alpha value is -1.93. The van der Waals surface area contributed by atoms with Crippen LogP contribution in [0.5, 0.6) is 17.2 Å². The summed E-state index contributed by atoms with van der Waals surface area (Å²) in [6, 6.07) is 9.61. The largest absolute Gasteiger partial charge is 0.497 e. The molecule has 0 saturated heterocycles. The van der Waals surface area contributed by atoms with Gasteiger partial charge in [-0.3, -0.25) is 4.72 Å². The SMILES string of the molecule is CCOc1ccc(Br)cc1S(=O)(=O)Nc1cc(OC)cc(OC)c1. The first-order valence-corrected chi connectivity index (χ1v) is 9.35. The van der Waals surface area contributed by atoms with Crippen LogP contribution in [-0.2, 0) is 10.0 Å². The fraction of sp³-hybridized carbons (Fsp3) is 0.250. The van der Waals surface area contributed by atoms with Gasteiger partial charge < -0.3 is 14.2 Å². The zero-order valence-electron chi connectivity index (χ0n) is 13.5. The summed E-state index contributed by atoms with van der Waals surface area (Å²) in [6.07, 6.45) is 0. The Morgan fingerprint density at radius 1 is 1.04 bits per heavy atom. The summed E-state index contributed by atoms with van der Waals surface area (Å²) >= 11 is 3.28. The topological polar surface area (TPSA) is 73.9 Å². The maximum absolute atomic E-state index is 12.8. The van der Waals surface area contributed by atoms with Crippen LogP contribution in [0.15, 0.2) is 45.8 Å². The third-order valence-electron chi connectivity index (χ3n) is 3.10. The number of methoxy groups -OCH3 is 2. The predicted octanol–water partition coefficient (Wildman–Crippen LogP) is 3.67. The molecule has 2 aromatic carbocycles. The number of hydrogen-bond donors (Lipinski definition) is 1. The third-order valence-corrected chi connectivity index (χ3v) is 4.99. The van der Waals surface area contributed by atoms with Crippen LogP contribution in [0.4, 0.5) is 5.69 Å². The van der Waals surface area contributed by atoms with Crippen molar-refractivity contribution in [3.05, 3.63) is 40.9 Å². The molecule has 0 amide bonds. The summed E-state index contributed by atoms with van der Waals surface area (Å²) in [5.41, 5.74) is 0.327. The van der Waals surface area contributed by atoms with E-state index in [4.69, 9.17) is 14.2 Å². The van der Waals surface area contributed by atoms with Crippen molar-refractivity contribution < 1.29 is 22.6 Å². The van der Waals surface area contributed by atoms with Crippen molar-refractivity contribution in [3.8, 4) is 17.2 Å². The minimum absolute atomic E-state index is 0.0421. The second kappa shape index (κ2) is 7.76. The summed E-state index contributed by atoms with van der Waals surface area (Å²) in [5, 5.41) is 0. The highest BCUT2D eigenvalue weighted by Gasteiger charge is 2.21. The molecule has 0 aliphatic carbocycles. The van der Waals surface area contributed by atoms with E-state index in [-0.39, 0.29) is 10.6 Å². The van der Waals surface area contributed by atoms with Gasteiger partial charge in [-0.2, -0.15) is 0 Å². The van der Waals surface area contributed by atoms with Gasteiger partial charge in [-0.25, -0.2) is 8.42 Å². The van der Waals surface area contributed by atoms with Gasteiger partial charge in [-0.15, -0.1) is 0 Å². The lowest BCUT2D eigenvalue weighted by atomic mass is 10.3. The number of halogens is 1. The average molecular weight is 416 g/mol. The van der Waals surface area contributed by atoms with Crippen LogP contribution in [0.2, 0.25) is 0 Å². The zero-order valence-corrected chi connectivity index (χ0v) is 15.9. The molecule has 0 radical (unpaired) electrons. The average Bonchev–Trinajstić information content (AvgIpc) is 2.55. The summed E-state index contributed by atoms with van der Waals surface area (Å²) < 4.78 is 44.4. The number of sulfonamides is 1.